The van der Waals surface area contributed by atoms with E-state index in [1.807, 2.05) is 36.7 Å². The Hall–Kier alpha value is -4.29. The highest BCUT2D eigenvalue weighted by Crippen LogP contribution is 2.33. The summed E-state index contributed by atoms with van der Waals surface area (Å²) in [4.78, 5) is 14.6. The average molecular weight is 461 g/mol. The van der Waals surface area contributed by atoms with Gasteiger partial charge in [-0.25, -0.2) is 0 Å². The molecule has 0 saturated heterocycles. The Morgan fingerprint density at radius 3 is 2.63 bits per heavy atom. The van der Waals surface area contributed by atoms with Crippen molar-refractivity contribution >= 4 is 27.4 Å². The Morgan fingerprint density at radius 1 is 1.03 bits per heavy atom. The maximum Gasteiger partial charge on any atom is 0.116 e. The van der Waals surface area contributed by atoms with E-state index in [0.717, 1.165) is 62.1 Å². The van der Waals surface area contributed by atoms with E-state index in [9.17, 15) is 0 Å². The predicted molar refractivity (Wildman–Crippen MR) is 145 cm³/mol. The molecule has 1 aromatic carbocycles. The third-order valence-electron chi connectivity index (χ3n) is 6.05. The molecule has 6 nitrogen and oxygen atoms in total. The second-order valence-electron chi connectivity index (χ2n) is 8.78. The summed E-state index contributed by atoms with van der Waals surface area (Å²) in [5.41, 5.74) is 9.16. The first-order valence-electron chi connectivity index (χ1n) is 11.6. The van der Waals surface area contributed by atoms with Crippen molar-refractivity contribution in [3.05, 3.63) is 97.0 Å². The molecule has 35 heavy (non-hydrogen) atoms. The fraction of sp³-hybridized carbons (Fsp3) is 0.138. The van der Waals surface area contributed by atoms with Gasteiger partial charge in [0.15, 0.2) is 0 Å². The zero-order valence-electron chi connectivity index (χ0n) is 20.2. The summed E-state index contributed by atoms with van der Waals surface area (Å²) in [6.07, 6.45) is 11.7. The predicted octanol–water partition coefficient (Wildman–Crippen LogP) is 6.25. The van der Waals surface area contributed by atoms with Gasteiger partial charge in [0.2, 0.25) is 0 Å². The molecule has 0 unspecified atom stereocenters. The van der Waals surface area contributed by atoms with Gasteiger partial charge >= 0.3 is 0 Å². The molecule has 0 atom stereocenters. The lowest BCUT2D eigenvalue weighted by molar-refractivity contribution is 0.449. The molecule has 0 radical (unpaired) electrons. The molecule has 0 aliphatic heterocycles. The Kier molecular flexibility index (Phi) is 6.12. The Morgan fingerprint density at radius 2 is 1.89 bits per heavy atom. The van der Waals surface area contributed by atoms with Gasteiger partial charge in [-0.05, 0) is 74.1 Å². The maximum absolute atomic E-state index is 4.66. The van der Waals surface area contributed by atoms with Crippen LogP contribution < -0.4 is 0 Å². The largest absolute Gasteiger partial charge is 0.353 e. The number of pyridine rings is 2. The van der Waals surface area contributed by atoms with Crippen molar-refractivity contribution in [2.45, 2.75) is 6.92 Å². The van der Waals surface area contributed by atoms with Crippen LogP contribution in [0.3, 0.4) is 0 Å². The first kappa shape index (κ1) is 22.5. The molecule has 0 aliphatic rings. The van der Waals surface area contributed by atoms with Crippen LogP contribution in [0.1, 0.15) is 12.5 Å². The molecule has 0 aliphatic carbocycles. The summed E-state index contributed by atoms with van der Waals surface area (Å²) in [7, 11) is 4.12. The van der Waals surface area contributed by atoms with Gasteiger partial charge in [-0.2, -0.15) is 5.10 Å². The highest BCUT2D eigenvalue weighted by molar-refractivity contribution is 6.00. The van der Waals surface area contributed by atoms with Crippen molar-refractivity contribution in [3.63, 3.8) is 0 Å². The molecule has 174 valence electrons. The first-order chi connectivity index (χ1) is 17.1. The van der Waals surface area contributed by atoms with Crippen molar-refractivity contribution in [1.82, 2.24) is 30.0 Å². The molecule has 6 heteroatoms. The number of allylic oxidation sites excluding steroid dienone is 3. The summed E-state index contributed by atoms with van der Waals surface area (Å²) >= 11 is 0. The van der Waals surface area contributed by atoms with E-state index in [0.29, 0.717) is 0 Å². The molecule has 5 aromatic rings. The Balaban J connectivity index is 1.59. The van der Waals surface area contributed by atoms with E-state index in [2.05, 4.69) is 94.1 Å². The van der Waals surface area contributed by atoms with Crippen molar-refractivity contribution in [3.8, 4) is 22.6 Å². The van der Waals surface area contributed by atoms with Gasteiger partial charge in [-0.15, -0.1) is 0 Å². The molecule has 0 amide bonds. The molecular formula is C29H28N6. The van der Waals surface area contributed by atoms with E-state index in [4.69, 9.17) is 0 Å². The minimum Gasteiger partial charge on any atom is -0.353 e. The van der Waals surface area contributed by atoms with Crippen LogP contribution >= 0.6 is 0 Å². The quantitative estimate of drug-likeness (QED) is 0.282. The van der Waals surface area contributed by atoms with E-state index < -0.39 is 0 Å². The van der Waals surface area contributed by atoms with Gasteiger partial charge < -0.3 is 9.88 Å². The second-order valence-corrected chi connectivity index (χ2v) is 8.78. The zero-order chi connectivity index (χ0) is 24.4. The van der Waals surface area contributed by atoms with Gasteiger partial charge in [0.1, 0.15) is 5.69 Å². The van der Waals surface area contributed by atoms with Gasteiger partial charge in [0.05, 0.1) is 16.9 Å². The highest BCUT2D eigenvalue weighted by Gasteiger charge is 2.15. The number of nitrogens with one attached hydrogen (secondary N) is 2. The smallest absolute Gasteiger partial charge is 0.116 e. The SMILES string of the molecule is C=C/C(=C\C(=C/C)c1ccc2[nH]nc(-c3cc4c(-c5cccnc5)nccc4[nH]3)c2c1)CN(C)C. The summed E-state index contributed by atoms with van der Waals surface area (Å²) in [6, 6.07) is 14.5. The van der Waals surface area contributed by atoms with Crippen molar-refractivity contribution in [2.75, 3.05) is 20.6 Å². The van der Waals surface area contributed by atoms with Crippen molar-refractivity contribution < 1.29 is 0 Å². The fourth-order valence-corrected chi connectivity index (χ4v) is 4.38. The third-order valence-corrected chi connectivity index (χ3v) is 6.05. The monoisotopic (exact) mass is 460 g/mol. The van der Waals surface area contributed by atoms with Gasteiger partial charge in [0, 0.05) is 47.0 Å². The fourth-order valence-electron chi connectivity index (χ4n) is 4.38. The number of hydrogen-bond acceptors (Lipinski definition) is 4. The van der Waals surface area contributed by atoms with Gasteiger partial charge in [-0.3, -0.25) is 15.1 Å². The van der Waals surface area contributed by atoms with Crippen LogP contribution in [0.5, 0.6) is 0 Å². The minimum atomic E-state index is 0.836. The molecule has 5 rings (SSSR count). The first-order valence-corrected chi connectivity index (χ1v) is 11.6. The van der Waals surface area contributed by atoms with Crippen molar-refractivity contribution in [1.29, 1.82) is 0 Å². The van der Waals surface area contributed by atoms with Gasteiger partial charge in [-0.1, -0.05) is 30.9 Å². The molecule has 4 aromatic heterocycles. The number of likely N-dealkylation sites (N-methyl/N-ethyl adjacent to an activating group) is 1. The minimum absolute atomic E-state index is 0.836. The van der Waals surface area contributed by atoms with E-state index in [1.165, 1.54) is 5.57 Å². The lowest BCUT2D eigenvalue weighted by Crippen LogP contribution is -2.14. The number of aromatic nitrogens is 5. The van der Waals surface area contributed by atoms with E-state index in [-0.39, 0.29) is 0 Å². The number of H-pyrrole nitrogens is 2. The standard InChI is InChI=1S/C29H28N6/c1-5-19(18-35(3)4)14-20(6-2)21-9-10-26-23(15-21)29(34-33-26)27-16-24-25(32-27)11-13-31-28(24)22-8-7-12-30-17-22/h5-17,32H,1,18H2,2-4H3,(H,33,34)/b19-14+,20-6+. The average Bonchev–Trinajstić information content (AvgIpc) is 3.50. The van der Waals surface area contributed by atoms with Crippen LogP contribution in [0.2, 0.25) is 0 Å². The lowest BCUT2D eigenvalue weighted by atomic mass is 10.00. The van der Waals surface area contributed by atoms with Gasteiger partial charge in [0.25, 0.3) is 0 Å². The van der Waals surface area contributed by atoms with Crippen LogP contribution in [-0.2, 0) is 0 Å². The molecular weight excluding hydrogens is 432 g/mol. The molecule has 0 bridgehead atoms. The summed E-state index contributed by atoms with van der Waals surface area (Å²) in [5, 5.41) is 9.95. The Bertz CT molecular complexity index is 1570. The summed E-state index contributed by atoms with van der Waals surface area (Å²) in [5.74, 6) is 0. The number of rotatable bonds is 7. The van der Waals surface area contributed by atoms with Crippen molar-refractivity contribution in [2.24, 2.45) is 0 Å². The molecule has 2 N–H and O–H groups in total. The normalized spacial score (nSPS) is 12.7. The van der Waals surface area contributed by atoms with E-state index in [1.54, 1.807) is 6.20 Å². The van der Waals surface area contributed by atoms with Crippen LogP contribution in [-0.4, -0.2) is 50.7 Å². The number of fused-ring (bicyclic) bond motifs is 2. The Labute approximate surface area is 204 Å². The van der Waals surface area contributed by atoms with Crippen LogP contribution in [0.25, 0.3) is 50.0 Å². The number of hydrogen-bond donors (Lipinski definition) is 2. The lowest BCUT2D eigenvalue weighted by Gasteiger charge is -2.11. The highest BCUT2D eigenvalue weighted by atomic mass is 15.1. The number of aromatic amines is 2. The third kappa shape index (κ3) is 4.44. The van der Waals surface area contributed by atoms with Crippen LogP contribution in [0, 0.1) is 0 Å². The summed E-state index contributed by atoms with van der Waals surface area (Å²) < 4.78 is 0. The van der Waals surface area contributed by atoms with Crippen LogP contribution in [0.15, 0.2) is 91.4 Å². The number of nitrogens with zero attached hydrogens (tertiary/aromatic N) is 4. The number of benzene rings is 1. The maximum atomic E-state index is 4.66. The summed E-state index contributed by atoms with van der Waals surface area (Å²) in [6.45, 7) is 6.89. The second kappa shape index (κ2) is 9.52. The molecule has 0 spiro atoms. The zero-order valence-corrected chi connectivity index (χ0v) is 20.2. The molecule has 0 fully saturated rings. The van der Waals surface area contributed by atoms with E-state index >= 15 is 0 Å². The molecule has 4 heterocycles. The topological polar surface area (TPSA) is 73.5 Å². The molecule has 0 saturated carbocycles. The van der Waals surface area contributed by atoms with Crippen LogP contribution in [0.4, 0.5) is 0 Å².